The van der Waals surface area contributed by atoms with Gasteiger partial charge in [0, 0.05) is 18.9 Å². The predicted octanol–water partition coefficient (Wildman–Crippen LogP) is 3.06. The fourth-order valence-corrected chi connectivity index (χ4v) is 4.07. The highest BCUT2D eigenvalue weighted by Crippen LogP contribution is 2.20. The van der Waals surface area contributed by atoms with Crippen LogP contribution in [-0.2, 0) is 21.4 Å². The fraction of sp³-hybridized carbons (Fsp3) is 0.143. The number of pyridine rings is 1. The Bertz CT molecular complexity index is 1110. The van der Waals surface area contributed by atoms with Gasteiger partial charge in [0.1, 0.15) is 16.5 Å². The number of halogens is 1. The molecule has 0 bridgehead atoms. The number of hydrogen-bond acceptors (Lipinski definition) is 5. The van der Waals surface area contributed by atoms with Crippen LogP contribution in [0.25, 0.3) is 0 Å². The number of aromatic nitrogens is 1. The lowest BCUT2D eigenvalue weighted by Crippen LogP contribution is -2.37. The summed E-state index contributed by atoms with van der Waals surface area (Å²) in [6.07, 6.45) is 2.67. The highest BCUT2D eigenvalue weighted by atomic mass is 32.2. The number of carbonyl (C=O) groups excluding carboxylic acids is 1. The van der Waals surface area contributed by atoms with E-state index in [-0.39, 0.29) is 17.1 Å². The van der Waals surface area contributed by atoms with Crippen molar-refractivity contribution in [3.8, 4) is 5.75 Å². The highest BCUT2D eigenvalue weighted by Gasteiger charge is 2.27. The summed E-state index contributed by atoms with van der Waals surface area (Å²) in [6.45, 7) is -0.566. The normalized spacial score (nSPS) is 11.3. The fourth-order valence-electron chi connectivity index (χ4n) is 2.72. The van der Waals surface area contributed by atoms with Crippen LogP contribution in [0.3, 0.4) is 0 Å². The molecular formula is C21H20FN3O4S. The maximum atomic E-state index is 13.8. The molecule has 1 amide bonds. The predicted molar refractivity (Wildman–Crippen MR) is 110 cm³/mol. The second kappa shape index (κ2) is 9.47. The first-order valence-electron chi connectivity index (χ1n) is 8.97. The molecule has 156 valence electrons. The molecule has 3 aromatic rings. The molecule has 0 aliphatic rings. The first-order chi connectivity index (χ1) is 14.4. The van der Waals surface area contributed by atoms with Gasteiger partial charge in [-0.3, -0.25) is 9.78 Å². The molecule has 1 aromatic heterocycles. The molecule has 0 saturated carbocycles. The van der Waals surface area contributed by atoms with E-state index < -0.39 is 28.3 Å². The van der Waals surface area contributed by atoms with E-state index >= 15 is 0 Å². The summed E-state index contributed by atoms with van der Waals surface area (Å²) in [6, 6.07) is 15.4. The number of amides is 1. The van der Waals surface area contributed by atoms with Gasteiger partial charge in [-0.05, 0) is 42.0 Å². The molecule has 0 radical (unpaired) electrons. The molecule has 0 atom stereocenters. The first-order valence-corrected chi connectivity index (χ1v) is 10.4. The zero-order valence-corrected chi connectivity index (χ0v) is 17.0. The lowest BCUT2D eigenvalue weighted by molar-refractivity contribution is -0.116. The SMILES string of the molecule is COc1ccc(CN(CC(=O)Nc2ccccc2F)S(=O)(=O)c2cccnc2)cc1. The monoisotopic (exact) mass is 429 g/mol. The Morgan fingerprint density at radius 2 is 1.83 bits per heavy atom. The molecule has 0 fully saturated rings. The van der Waals surface area contributed by atoms with Crippen LogP contribution in [0.1, 0.15) is 5.56 Å². The van der Waals surface area contributed by atoms with E-state index in [1.54, 1.807) is 30.3 Å². The van der Waals surface area contributed by atoms with Crippen LogP contribution in [-0.4, -0.2) is 37.3 Å². The number of hydrogen-bond donors (Lipinski definition) is 1. The van der Waals surface area contributed by atoms with Crippen molar-refractivity contribution in [2.75, 3.05) is 19.0 Å². The molecule has 30 heavy (non-hydrogen) atoms. The van der Waals surface area contributed by atoms with Crippen LogP contribution < -0.4 is 10.1 Å². The van der Waals surface area contributed by atoms with Gasteiger partial charge in [-0.1, -0.05) is 24.3 Å². The summed E-state index contributed by atoms with van der Waals surface area (Å²) < 4.78 is 46.2. The third-order valence-corrected chi connectivity index (χ3v) is 6.03. The Morgan fingerprint density at radius 3 is 2.47 bits per heavy atom. The second-order valence-electron chi connectivity index (χ2n) is 6.34. The van der Waals surface area contributed by atoms with Crippen molar-refractivity contribution in [2.24, 2.45) is 0 Å². The van der Waals surface area contributed by atoms with Gasteiger partial charge in [0.2, 0.25) is 15.9 Å². The van der Waals surface area contributed by atoms with Crippen molar-refractivity contribution in [3.63, 3.8) is 0 Å². The van der Waals surface area contributed by atoms with E-state index in [2.05, 4.69) is 10.3 Å². The van der Waals surface area contributed by atoms with Crippen LogP contribution in [0, 0.1) is 5.82 Å². The van der Waals surface area contributed by atoms with Gasteiger partial charge >= 0.3 is 0 Å². The Morgan fingerprint density at radius 1 is 1.10 bits per heavy atom. The molecule has 0 aliphatic carbocycles. The average molecular weight is 429 g/mol. The summed E-state index contributed by atoms with van der Waals surface area (Å²) in [5.74, 6) is -0.651. The largest absolute Gasteiger partial charge is 0.497 e. The minimum atomic E-state index is -4.03. The number of carbonyl (C=O) groups is 1. The van der Waals surface area contributed by atoms with Crippen molar-refractivity contribution < 1.29 is 22.3 Å². The molecular weight excluding hydrogens is 409 g/mol. The first kappa shape index (κ1) is 21.4. The number of para-hydroxylation sites is 1. The van der Waals surface area contributed by atoms with Gasteiger partial charge in [0.05, 0.1) is 19.3 Å². The van der Waals surface area contributed by atoms with E-state index in [1.165, 1.54) is 49.8 Å². The average Bonchev–Trinajstić information content (AvgIpc) is 2.76. The van der Waals surface area contributed by atoms with Gasteiger partial charge in [-0.15, -0.1) is 0 Å². The Labute approximate surface area is 174 Å². The van der Waals surface area contributed by atoms with E-state index in [1.807, 2.05) is 0 Å². The van der Waals surface area contributed by atoms with Crippen LogP contribution >= 0.6 is 0 Å². The number of sulfonamides is 1. The maximum Gasteiger partial charge on any atom is 0.245 e. The van der Waals surface area contributed by atoms with Crippen LogP contribution in [0.5, 0.6) is 5.75 Å². The van der Waals surface area contributed by atoms with Crippen molar-refractivity contribution in [1.29, 1.82) is 0 Å². The molecule has 2 aromatic carbocycles. The minimum absolute atomic E-state index is 0.0225. The van der Waals surface area contributed by atoms with Crippen LogP contribution in [0.2, 0.25) is 0 Å². The lowest BCUT2D eigenvalue weighted by Gasteiger charge is -2.22. The Hall–Kier alpha value is -3.30. The molecule has 0 saturated heterocycles. The van der Waals surface area contributed by atoms with Gasteiger partial charge in [-0.2, -0.15) is 4.31 Å². The molecule has 0 spiro atoms. The lowest BCUT2D eigenvalue weighted by atomic mass is 10.2. The summed E-state index contributed by atoms with van der Waals surface area (Å²) in [7, 11) is -2.50. The van der Waals surface area contributed by atoms with Crippen molar-refractivity contribution >= 4 is 21.6 Å². The van der Waals surface area contributed by atoms with Crippen molar-refractivity contribution in [1.82, 2.24) is 9.29 Å². The molecule has 7 nitrogen and oxygen atoms in total. The standard InChI is InChI=1S/C21H20FN3O4S/c1-29-17-10-8-16(9-11-17)14-25(30(27,28)18-5-4-12-23-13-18)15-21(26)24-20-7-3-2-6-19(20)22/h2-13H,14-15H2,1H3,(H,24,26). The topological polar surface area (TPSA) is 88.6 Å². The van der Waals surface area contributed by atoms with Crippen molar-refractivity contribution in [2.45, 2.75) is 11.4 Å². The zero-order valence-electron chi connectivity index (χ0n) is 16.2. The van der Waals surface area contributed by atoms with Crippen molar-refractivity contribution in [3.05, 3.63) is 84.4 Å². The van der Waals surface area contributed by atoms with Gasteiger partial charge in [0.15, 0.2) is 0 Å². The van der Waals surface area contributed by atoms with E-state index in [0.717, 1.165) is 4.31 Å². The highest BCUT2D eigenvalue weighted by molar-refractivity contribution is 7.89. The number of benzene rings is 2. The summed E-state index contributed by atoms with van der Waals surface area (Å²) in [5, 5.41) is 2.41. The number of nitrogens with one attached hydrogen (secondary N) is 1. The minimum Gasteiger partial charge on any atom is -0.497 e. The quantitative estimate of drug-likeness (QED) is 0.595. The van der Waals surface area contributed by atoms with Gasteiger partial charge in [-0.25, -0.2) is 12.8 Å². The van der Waals surface area contributed by atoms with E-state index in [9.17, 15) is 17.6 Å². The van der Waals surface area contributed by atoms with E-state index in [0.29, 0.717) is 11.3 Å². The van der Waals surface area contributed by atoms with E-state index in [4.69, 9.17) is 4.74 Å². The smallest absolute Gasteiger partial charge is 0.245 e. The number of nitrogens with zero attached hydrogens (tertiary/aromatic N) is 2. The Kier molecular flexibility index (Phi) is 6.76. The molecule has 0 unspecified atom stereocenters. The number of ether oxygens (including phenoxy) is 1. The number of anilines is 1. The molecule has 3 rings (SSSR count). The zero-order chi connectivity index (χ0) is 21.6. The van der Waals surface area contributed by atoms with Gasteiger partial charge < -0.3 is 10.1 Å². The molecule has 9 heteroatoms. The van der Waals surface area contributed by atoms with Crippen LogP contribution in [0.15, 0.2) is 78.0 Å². The third kappa shape index (κ3) is 5.19. The molecule has 0 aliphatic heterocycles. The summed E-state index contributed by atoms with van der Waals surface area (Å²) in [4.78, 5) is 16.3. The maximum absolute atomic E-state index is 13.8. The Balaban J connectivity index is 1.86. The second-order valence-corrected chi connectivity index (χ2v) is 8.28. The van der Waals surface area contributed by atoms with Crippen LogP contribution in [0.4, 0.5) is 10.1 Å². The summed E-state index contributed by atoms with van der Waals surface area (Å²) in [5.41, 5.74) is 0.632. The molecule has 1 N–H and O–H groups in total. The number of rotatable bonds is 8. The number of methoxy groups -OCH3 is 1. The third-order valence-electron chi connectivity index (χ3n) is 4.26. The van der Waals surface area contributed by atoms with Gasteiger partial charge in [0.25, 0.3) is 0 Å². The summed E-state index contributed by atoms with van der Waals surface area (Å²) >= 11 is 0. The molecule has 1 heterocycles.